The third-order valence-corrected chi connectivity index (χ3v) is 3.25. The summed E-state index contributed by atoms with van der Waals surface area (Å²) >= 11 is 0. The van der Waals surface area contributed by atoms with E-state index in [0.717, 1.165) is 12.8 Å². The molecule has 2 atom stereocenters. The standard InChI is InChI=1S/C12H15F3N2/c1-7-2-3-8(4-7)6-16-12-10(14)5-9(13)11(15)17-12/h5,7-8H,2-4,6H2,1H3,(H,16,17). The van der Waals surface area contributed by atoms with E-state index in [0.29, 0.717) is 24.4 Å². The largest absolute Gasteiger partial charge is 0.367 e. The summed E-state index contributed by atoms with van der Waals surface area (Å²) in [4.78, 5) is 3.22. The van der Waals surface area contributed by atoms with Crippen molar-refractivity contribution in [3.05, 3.63) is 23.6 Å². The number of hydrogen-bond donors (Lipinski definition) is 1. The van der Waals surface area contributed by atoms with Crippen LogP contribution in [0.15, 0.2) is 6.07 Å². The van der Waals surface area contributed by atoms with Crippen molar-refractivity contribution in [1.29, 1.82) is 0 Å². The fraction of sp³-hybridized carbons (Fsp3) is 0.583. The molecule has 94 valence electrons. The highest BCUT2D eigenvalue weighted by atomic mass is 19.2. The minimum absolute atomic E-state index is 0.205. The van der Waals surface area contributed by atoms with Gasteiger partial charge in [-0.1, -0.05) is 13.3 Å². The summed E-state index contributed by atoms with van der Waals surface area (Å²) < 4.78 is 38.7. The van der Waals surface area contributed by atoms with Crippen LogP contribution in [0.25, 0.3) is 0 Å². The van der Waals surface area contributed by atoms with Crippen molar-refractivity contribution in [2.24, 2.45) is 11.8 Å². The molecule has 1 aromatic heterocycles. The van der Waals surface area contributed by atoms with Gasteiger partial charge in [-0.15, -0.1) is 0 Å². The van der Waals surface area contributed by atoms with Crippen LogP contribution in [0.3, 0.4) is 0 Å². The van der Waals surface area contributed by atoms with E-state index in [1.165, 1.54) is 6.42 Å². The minimum Gasteiger partial charge on any atom is -0.367 e. The summed E-state index contributed by atoms with van der Waals surface area (Å²) in [6.45, 7) is 2.73. The smallest absolute Gasteiger partial charge is 0.251 e. The molecule has 2 unspecified atom stereocenters. The first-order valence-electron chi connectivity index (χ1n) is 5.81. The van der Waals surface area contributed by atoms with Gasteiger partial charge in [-0.25, -0.2) is 8.78 Å². The highest BCUT2D eigenvalue weighted by Crippen LogP contribution is 2.30. The molecule has 17 heavy (non-hydrogen) atoms. The number of halogens is 3. The molecule has 0 radical (unpaired) electrons. The van der Waals surface area contributed by atoms with E-state index < -0.39 is 17.6 Å². The molecular weight excluding hydrogens is 229 g/mol. The SMILES string of the molecule is CC1CCC(CNc2nc(F)c(F)cc2F)C1. The van der Waals surface area contributed by atoms with Crippen molar-refractivity contribution in [3.8, 4) is 0 Å². The van der Waals surface area contributed by atoms with Crippen molar-refractivity contribution in [2.75, 3.05) is 11.9 Å². The Morgan fingerprint density at radius 2 is 2.06 bits per heavy atom. The summed E-state index contributed by atoms with van der Waals surface area (Å²) in [6.07, 6.45) is 3.33. The number of pyridine rings is 1. The van der Waals surface area contributed by atoms with Crippen molar-refractivity contribution in [1.82, 2.24) is 4.98 Å². The summed E-state index contributed by atoms with van der Waals surface area (Å²) in [5.41, 5.74) is 0. The van der Waals surface area contributed by atoms with Crippen LogP contribution in [-0.4, -0.2) is 11.5 Å². The normalized spacial score (nSPS) is 24.0. The molecule has 0 aliphatic heterocycles. The van der Waals surface area contributed by atoms with Crippen LogP contribution in [0.5, 0.6) is 0 Å². The first kappa shape index (κ1) is 12.2. The van der Waals surface area contributed by atoms with Gasteiger partial charge in [0.15, 0.2) is 17.5 Å². The Morgan fingerprint density at radius 1 is 1.29 bits per heavy atom. The molecular formula is C12H15F3N2. The van der Waals surface area contributed by atoms with E-state index in [4.69, 9.17) is 0 Å². The number of rotatable bonds is 3. The lowest BCUT2D eigenvalue weighted by atomic mass is 10.1. The van der Waals surface area contributed by atoms with E-state index in [1.54, 1.807) is 0 Å². The quantitative estimate of drug-likeness (QED) is 0.825. The van der Waals surface area contributed by atoms with Gasteiger partial charge in [0.1, 0.15) is 0 Å². The van der Waals surface area contributed by atoms with E-state index >= 15 is 0 Å². The van der Waals surface area contributed by atoms with Gasteiger partial charge in [0.2, 0.25) is 0 Å². The number of nitrogens with zero attached hydrogens (tertiary/aromatic N) is 1. The lowest BCUT2D eigenvalue weighted by molar-refractivity contribution is 0.464. The highest BCUT2D eigenvalue weighted by molar-refractivity contribution is 5.36. The summed E-state index contributed by atoms with van der Waals surface area (Å²) in [7, 11) is 0. The van der Waals surface area contributed by atoms with Crippen molar-refractivity contribution in [2.45, 2.75) is 26.2 Å². The number of anilines is 1. The molecule has 5 heteroatoms. The topological polar surface area (TPSA) is 24.9 Å². The van der Waals surface area contributed by atoms with Crippen LogP contribution in [0, 0.1) is 29.4 Å². The summed E-state index contributed by atoms with van der Waals surface area (Å²) in [5, 5.41) is 2.75. The maximum absolute atomic E-state index is 13.2. The molecule has 1 heterocycles. The summed E-state index contributed by atoms with van der Waals surface area (Å²) in [6, 6.07) is 0.516. The van der Waals surface area contributed by atoms with Gasteiger partial charge >= 0.3 is 0 Å². The third-order valence-electron chi connectivity index (χ3n) is 3.25. The molecule has 1 aromatic rings. The van der Waals surface area contributed by atoms with Gasteiger partial charge in [-0.3, -0.25) is 0 Å². The average Bonchev–Trinajstić information content (AvgIpc) is 2.68. The van der Waals surface area contributed by atoms with Crippen LogP contribution in [-0.2, 0) is 0 Å². The molecule has 0 amide bonds. The first-order valence-corrected chi connectivity index (χ1v) is 5.81. The average molecular weight is 244 g/mol. The number of hydrogen-bond acceptors (Lipinski definition) is 2. The fourth-order valence-electron chi connectivity index (χ4n) is 2.32. The molecule has 0 saturated heterocycles. The zero-order chi connectivity index (χ0) is 12.4. The van der Waals surface area contributed by atoms with Gasteiger partial charge in [0.25, 0.3) is 5.95 Å². The van der Waals surface area contributed by atoms with Gasteiger partial charge in [0, 0.05) is 12.6 Å². The Bertz CT molecular complexity index is 409. The number of nitrogens with one attached hydrogen (secondary N) is 1. The Morgan fingerprint density at radius 3 is 2.71 bits per heavy atom. The van der Waals surface area contributed by atoms with Crippen LogP contribution >= 0.6 is 0 Å². The van der Waals surface area contributed by atoms with Crippen LogP contribution < -0.4 is 5.32 Å². The lowest BCUT2D eigenvalue weighted by Gasteiger charge is -2.12. The summed E-state index contributed by atoms with van der Waals surface area (Å²) in [5.74, 6) is -2.45. The van der Waals surface area contributed by atoms with E-state index in [-0.39, 0.29) is 5.82 Å². The highest BCUT2D eigenvalue weighted by Gasteiger charge is 2.21. The predicted octanol–water partition coefficient (Wildman–Crippen LogP) is 3.35. The van der Waals surface area contributed by atoms with Gasteiger partial charge in [0.05, 0.1) is 0 Å². The van der Waals surface area contributed by atoms with E-state index in [2.05, 4.69) is 17.2 Å². The Hall–Kier alpha value is -1.26. The Kier molecular flexibility index (Phi) is 3.54. The number of aromatic nitrogens is 1. The van der Waals surface area contributed by atoms with Crippen molar-refractivity contribution >= 4 is 5.82 Å². The van der Waals surface area contributed by atoms with Crippen LogP contribution in [0.2, 0.25) is 0 Å². The molecule has 0 spiro atoms. The zero-order valence-corrected chi connectivity index (χ0v) is 9.64. The van der Waals surface area contributed by atoms with Gasteiger partial charge in [-0.2, -0.15) is 9.37 Å². The lowest BCUT2D eigenvalue weighted by Crippen LogP contribution is -2.14. The van der Waals surface area contributed by atoms with Gasteiger partial charge in [-0.05, 0) is 24.7 Å². The van der Waals surface area contributed by atoms with E-state index in [1.807, 2.05) is 0 Å². The molecule has 1 N–H and O–H groups in total. The van der Waals surface area contributed by atoms with Crippen LogP contribution in [0.4, 0.5) is 19.0 Å². The monoisotopic (exact) mass is 244 g/mol. The second-order valence-electron chi connectivity index (χ2n) is 4.76. The zero-order valence-electron chi connectivity index (χ0n) is 9.64. The first-order chi connectivity index (χ1) is 8.06. The molecule has 2 nitrogen and oxygen atoms in total. The molecule has 0 bridgehead atoms. The van der Waals surface area contributed by atoms with Crippen LogP contribution in [0.1, 0.15) is 26.2 Å². The van der Waals surface area contributed by atoms with Crippen molar-refractivity contribution in [3.63, 3.8) is 0 Å². The van der Waals surface area contributed by atoms with Gasteiger partial charge < -0.3 is 5.32 Å². The maximum Gasteiger partial charge on any atom is 0.251 e. The molecule has 2 rings (SSSR count). The van der Waals surface area contributed by atoms with E-state index in [9.17, 15) is 13.2 Å². The third kappa shape index (κ3) is 2.90. The van der Waals surface area contributed by atoms with Crippen molar-refractivity contribution < 1.29 is 13.2 Å². The molecule has 1 aliphatic carbocycles. The fourth-order valence-corrected chi connectivity index (χ4v) is 2.32. The minimum atomic E-state index is -1.27. The molecule has 0 aromatic carbocycles. The Balaban J connectivity index is 1.97. The second-order valence-corrected chi connectivity index (χ2v) is 4.76. The molecule has 1 fully saturated rings. The maximum atomic E-state index is 13.2. The second kappa shape index (κ2) is 4.94. The predicted molar refractivity (Wildman–Crippen MR) is 59.1 cm³/mol. The Labute approximate surface area is 98.2 Å². The molecule has 1 saturated carbocycles. The molecule has 1 aliphatic rings.